The van der Waals surface area contributed by atoms with Crippen molar-refractivity contribution in [1.29, 1.82) is 0 Å². The van der Waals surface area contributed by atoms with E-state index in [1.807, 2.05) is 12.1 Å². The minimum atomic E-state index is 0.281. The van der Waals surface area contributed by atoms with Crippen molar-refractivity contribution >= 4 is 5.96 Å². The van der Waals surface area contributed by atoms with Crippen molar-refractivity contribution in [2.24, 2.45) is 4.99 Å². The van der Waals surface area contributed by atoms with Gasteiger partial charge in [0.15, 0.2) is 5.96 Å². The fourth-order valence-electron chi connectivity index (χ4n) is 3.96. The van der Waals surface area contributed by atoms with Gasteiger partial charge < -0.3 is 19.4 Å². The molecule has 2 saturated heterocycles. The molecule has 26 heavy (non-hydrogen) atoms. The summed E-state index contributed by atoms with van der Waals surface area (Å²) >= 11 is 0. The summed E-state index contributed by atoms with van der Waals surface area (Å²) in [6, 6.07) is 4.59. The molecule has 0 aliphatic carbocycles. The monoisotopic (exact) mass is 362 g/mol. The average Bonchev–Trinajstić information content (AvgIpc) is 3.39. The maximum absolute atomic E-state index is 5.74. The summed E-state index contributed by atoms with van der Waals surface area (Å²) in [6.07, 6.45) is 7.75. The Morgan fingerprint density at radius 3 is 3.04 bits per heavy atom. The Balaban J connectivity index is 1.55. The molecule has 0 radical (unpaired) electrons. The number of likely N-dealkylation sites (tertiary alicyclic amines) is 1. The van der Waals surface area contributed by atoms with Gasteiger partial charge in [0, 0.05) is 39.2 Å². The zero-order chi connectivity index (χ0) is 18.2. The van der Waals surface area contributed by atoms with Crippen LogP contribution in [0.15, 0.2) is 27.8 Å². The second-order valence-electron chi connectivity index (χ2n) is 7.36. The molecule has 146 valence electrons. The molecule has 1 aromatic heterocycles. The second-order valence-corrected chi connectivity index (χ2v) is 7.36. The molecule has 2 fully saturated rings. The minimum absolute atomic E-state index is 0.281. The first-order valence-electron chi connectivity index (χ1n) is 10.1. The number of hydrogen-bond acceptors (Lipinski definition) is 4. The Labute approximate surface area is 157 Å². The second kappa shape index (κ2) is 9.97. The summed E-state index contributed by atoms with van der Waals surface area (Å²) in [6.45, 7) is 8.08. The first-order chi connectivity index (χ1) is 12.8. The fourth-order valence-corrected chi connectivity index (χ4v) is 3.96. The molecule has 0 bridgehead atoms. The van der Waals surface area contributed by atoms with Crippen molar-refractivity contribution in [1.82, 2.24) is 15.1 Å². The summed E-state index contributed by atoms with van der Waals surface area (Å²) < 4.78 is 11.2. The molecule has 3 rings (SSSR count). The van der Waals surface area contributed by atoms with Crippen molar-refractivity contribution in [2.75, 3.05) is 46.4 Å². The van der Waals surface area contributed by atoms with Crippen LogP contribution in [0.4, 0.5) is 0 Å². The van der Waals surface area contributed by atoms with Gasteiger partial charge in [0.2, 0.25) is 0 Å². The number of nitrogens with one attached hydrogen (secondary N) is 1. The van der Waals surface area contributed by atoms with Crippen molar-refractivity contribution < 1.29 is 9.15 Å². The van der Waals surface area contributed by atoms with Gasteiger partial charge in [0.05, 0.1) is 18.9 Å². The highest BCUT2D eigenvalue weighted by Crippen LogP contribution is 2.17. The topological polar surface area (TPSA) is 53.2 Å². The lowest BCUT2D eigenvalue weighted by molar-refractivity contribution is 0.117. The molecular weight excluding hydrogens is 328 g/mol. The third kappa shape index (κ3) is 5.48. The third-order valence-corrected chi connectivity index (χ3v) is 5.45. The highest BCUT2D eigenvalue weighted by molar-refractivity contribution is 5.79. The van der Waals surface area contributed by atoms with Gasteiger partial charge in [-0.3, -0.25) is 9.89 Å². The molecule has 1 aromatic rings. The molecule has 1 N–H and O–H groups in total. The molecular formula is C20H34N4O2. The van der Waals surface area contributed by atoms with Crippen LogP contribution in [0, 0.1) is 0 Å². The Kier molecular flexibility index (Phi) is 7.38. The largest absolute Gasteiger partial charge is 0.469 e. The van der Waals surface area contributed by atoms with Crippen molar-refractivity contribution in [3.63, 3.8) is 0 Å². The number of likely N-dealkylation sites (N-methyl/N-ethyl adjacent to an activating group) is 2. The standard InChI is InChI=1S/C20H34N4O2/c1-3-24-12-4-7-17(24)16-23(2)20(22-15-19-9-6-14-26-19)21-11-10-18-8-5-13-25-18/h5,8,13,17,19H,3-4,6-7,9-12,14-16H2,1-2H3,(H,21,22). The van der Waals surface area contributed by atoms with Gasteiger partial charge in [-0.25, -0.2) is 0 Å². The van der Waals surface area contributed by atoms with E-state index in [-0.39, 0.29) is 6.10 Å². The van der Waals surface area contributed by atoms with E-state index in [0.717, 1.165) is 63.8 Å². The van der Waals surface area contributed by atoms with Crippen LogP contribution in [0.1, 0.15) is 38.4 Å². The Hall–Kier alpha value is -1.53. The van der Waals surface area contributed by atoms with E-state index in [1.165, 1.54) is 19.4 Å². The highest BCUT2D eigenvalue weighted by Gasteiger charge is 2.25. The lowest BCUT2D eigenvalue weighted by Gasteiger charge is -2.30. The quantitative estimate of drug-likeness (QED) is 0.568. The van der Waals surface area contributed by atoms with Gasteiger partial charge in [-0.05, 0) is 50.9 Å². The maximum atomic E-state index is 5.74. The van der Waals surface area contributed by atoms with Crippen LogP contribution in [-0.2, 0) is 11.2 Å². The van der Waals surface area contributed by atoms with Gasteiger partial charge in [0.25, 0.3) is 0 Å². The van der Waals surface area contributed by atoms with E-state index in [4.69, 9.17) is 14.1 Å². The summed E-state index contributed by atoms with van der Waals surface area (Å²) in [5, 5.41) is 3.53. The van der Waals surface area contributed by atoms with Gasteiger partial charge in [-0.15, -0.1) is 0 Å². The van der Waals surface area contributed by atoms with Crippen LogP contribution < -0.4 is 5.32 Å². The molecule has 2 atom stereocenters. The minimum Gasteiger partial charge on any atom is -0.469 e. The van der Waals surface area contributed by atoms with Crippen LogP contribution in [0.2, 0.25) is 0 Å². The van der Waals surface area contributed by atoms with Gasteiger partial charge in [0.1, 0.15) is 5.76 Å². The molecule has 0 aromatic carbocycles. The first-order valence-corrected chi connectivity index (χ1v) is 10.1. The summed E-state index contributed by atoms with van der Waals surface area (Å²) in [5.74, 6) is 1.99. The molecule has 6 heteroatoms. The number of hydrogen-bond donors (Lipinski definition) is 1. The number of furan rings is 1. The normalized spacial score (nSPS) is 24.3. The smallest absolute Gasteiger partial charge is 0.193 e. The van der Waals surface area contributed by atoms with Crippen LogP contribution in [0.5, 0.6) is 0 Å². The highest BCUT2D eigenvalue weighted by atomic mass is 16.5. The van der Waals surface area contributed by atoms with Crippen molar-refractivity contribution in [3.8, 4) is 0 Å². The SMILES string of the molecule is CCN1CCCC1CN(C)C(=NCC1CCCO1)NCCc1ccco1. The molecule has 0 spiro atoms. The Morgan fingerprint density at radius 2 is 2.31 bits per heavy atom. The van der Waals surface area contributed by atoms with Gasteiger partial charge in [-0.2, -0.15) is 0 Å². The van der Waals surface area contributed by atoms with Crippen LogP contribution in [-0.4, -0.2) is 74.3 Å². The fraction of sp³-hybridized carbons (Fsp3) is 0.750. The average molecular weight is 363 g/mol. The molecule has 0 saturated carbocycles. The Bertz CT molecular complexity index is 540. The zero-order valence-corrected chi connectivity index (χ0v) is 16.3. The van der Waals surface area contributed by atoms with Gasteiger partial charge >= 0.3 is 0 Å². The van der Waals surface area contributed by atoms with Crippen molar-refractivity contribution in [3.05, 3.63) is 24.2 Å². The van der Waals surface area contributed by atoms with E-state index < -0.39 is 0 Å². The maximum Gasteiger partial charge on any atom is 0.193 e. The zero-order valence-electron chi connectivity index (χ0n) is 16.3. The Morgan fingerprint density at radius 1 is 1.38 bits per heavy atom. The van der Waals surface area contributed by atoms with E-state index >= 15 is 0 Å². The molecule has 6 nitrogen and oxygen atoms in total. The predicted molar refractivity (Wildman–Crippen MR) is 105 cm³/mol. The summed E-state index contributed by atoms with van der Waals surface area (Å²) in [4.78, 5) is 9.74. The lowest BCUT2D eigenvalue weighted by atomic mass is 10.2. The molecule has 3 heterocycles. The van der Waals surface area contributed by atoms with Crippen molar-refractivity contribution in [2.45, 2.75) is 51.2 Å². The van der Waals surface area contributed by atoms with Crippen LogP contribution in [0.3, 0.4) is 0 Å². The van der Waals surface area contributed by atoms with Gasteiger partial charge in [-0.1, -0.05) is 6.92 Å². The lowest BCUT2D eigenvalue weighted by Crippen LogP contribution is -2.46. The summed E-state index contributed by atoms with van der Waals surface area (Å²) in [7, 11) is 2.15. The predicted octanol–water partition coefficient (Wildman–Crippen LogP) is 2.36. The number of nitrogens with zero attached hydrogens (tertiary/aromatic N) is 3. The van der Waals surface area contributed by atoms with E-state index in [9.17, 15) is 0 Å². The van der Waals surface area contributed by atoms with E-state index in [2.05, 4.69) is 29.1 Å². The number of aliphatic imine (C=N–C) groups is 1. The number of ether oxygens (including phenoxy) is 1. The van der Waals surface area contributed by atoms with Crippen LogP contribution in [0.25, 0.3) is 0 Å². The molecule has 2 aliphatic rings. The van der Waals surface area contributed by atoms with E-state index in [1.54, 1.807) is 6.26 Å². The first kappa shape index (κ1) is 19.2. The third-order valence-electron chi connectivity index (χ3n) is 5.45. The number of guanidine groups is 1. The summed E-state index contributed by atoms with van der Waals surface area (Å²) in [5.41, 5.74) is 0. The molecule has 0 amide bonds. The van der Waals surface area contributed by atoms with E-state index in [0.29, 0.717) is 6.04 Å². The molecule has 2 unspecified atom stereocenters. The number of rotatable bonds is 8. The molecule has 2 aliphatic heterocycles. The van der Waals surface area contributed by atoms with Crippen LogP contribution >= 0.6 is 0 Å².